The number of alkyl halides is 2. The Morgan fingerprint density at radius 2 is 2.15 bits per heavy atom. The molecule has 1 aromatic heterocycles. The van der Waals surface area contributed by atoms with Crippen molar-refractivity contribution in [1.29, 1.82) is 0 Å². The number of ether oxygens (including phenoxy) is 1. The van der Waals surface area contributed by atoms with E-state index in [0.29, 0.717) is 34.7 Å². The van der Waals surface area contributed by atoms with E-state index in [1.807, 2.05) is 6.92 Å². The molecule has 9 heteroatoms. The Kier molecular flexibility index (Phi) is 7.49. The Bertz CT molecular complexity index is 853. The van der Waals surface area contributed by atoms with Crippen LogP contribution in [0.1, 0.15) is 29.9 Å². The highest BCUT2D eigenvalue weighted by atomic mass is 32.2. The zero-order valence-corrected chi connectivity index (χ0v) is 16.6. The average Bonchev–Trinajstić information content (AvgIpc) is 3.08. The van der Waals surface area contributed by atoms with Gasteiger partial charge in [0.1, 0.15) is 5.75 Å². The first-order chi connectivity index (χ1) is 12.8. The van der Waals surface area contributed by atoms with Crippen molar-refractivity contribution in [2.75, 3.05) is 18.6 Å². The number of hydrogen-bond acceptors (Lipinski definition) is 6. The molecule has 0 N–H and O–H groups in total. The van der Waals surface area contributed by atoms with Gasteiger partial charge in [-0.15, -0.1) is 11.3 Å². The number of hydrogen-bond donors (Lipinski definition) is 0. The molecule has 1 aromatic carbocycles. The summed E-state index contributed by atoms with van der Waals surface area (Å²) < 4.78 is 30.2. The van der Waals surface area contributed by atoms with Gasteiger partial charge in [-0.2, -0.15) is 8.78 Å². The number of carbonyl (C=O) groups is 2. The predicted octanol–water partition coefficient (Wildman–Crippen LogP) is 4.74. The smallest absolute Gasteiger partial charge is 0.289 e. The highest BCUT2D eigenvalue weighted by molar-refractivity contribution is 7.99. The molecule has 0 spiro atoms. The highest BCUT2D eigenvalue weighted by Gasteiger charge is 2.14. The first-order valence-electron chi connectivity index (χ1n) is 7.94. The van der Waals surface area contributed by atoms with Crippen LogP contribution in [0.2, 0.25) is 0 Å². The summed E-state index contributed by atoms with van der Waals surface area (Å²) in [5, 5.41) is 2.31. The van der Waals surface area contributed by atoms with Crippen LogP contribution in [0.5, 0.6) is 5.75 Å². The Morgan fingerprint density at radius 3 is 2.74 bits per heavy atom. The zero-order valence-electron chi connectivity index (χ0n) is 14.9. The van der Waals surface area contributed by atoms with Crippen LogP contribution < -0.4 is 9.64 Å². The van der Waals surface area contributed by atoms with Crippen molar-refractivity contribution in [2.45, 2.75) is 24.5 Å². The van der Waals surface area contributed by atoms with Crippen molar-refractivity contribution in [2.24, 2.45) is 0 Å². The first-order valence-corrected chi connectivity index (χ1v) is 9.70. The van der Waals surface area contributed by atoms with E-state index in [-0.39, 0.29) is 22.3 Å². The Morgan fingerprint density at radius 1 is 1.41 bits per heavy atom. The Balaban J connectivity index is 2.15. The maximum atomic E-state index is 12.5. The van der Waals surface area contributed by atoms with Crippen molar-refractivity contribution < 1.29 is 23.1 Å². The quantitative estimate of drug-likeness (QED) is 0.356. The summed E-state index contributed by atoms with van der Waals surface area (Å²) in [6, 6.07) is 4.34. The molecule has 0 unspecified atom stereocenters. The van der Waals surface area contributed by atoms with Gasteiger partial charge in [-0.25, -0.2) is 4.98 Å². The van der Waals surface area contributed by atoms with Gasteiger partial charge in [0, 0.05) is 24.4 Å². The van der Waals surface area contributed by atoms with E-state index < -0.39 is 5.76 Å². The number of aromatic nitrogens is 1. The summed E-state index contributed by atoms with van der Waals surface area (Å²) in [6.07, 6.45) is 2.89. The third kappa shape index (κ3) is 5.61. The lowest BCUT2D eigenvalue weighted by Gasteiger charge is -2.14. The van der Waals surface area contributed by atoms with Crippen LogP contribution in [-0.2, 0) is 4.79 Å². The summed E-state index contributed by atoms with van der Waals surface area (Å²) >= 11 is 1.67. The minimum absolute atomic E-state index is 0.104. The maximum Gasteiger partial charge on any atom is 0.289 e. The van der Waals surface area contributed by atoms with E-state index in [1.165, 1.54) is 54.5 Å². The van der Waals surface area contributed by atoms with Gasteiger partial charge in [0.15, 0.2) is 10.9 Å². The number of halogens is 2. The molecule has 1 heterocycles. The number of methoxy groups -OCH3 is 1. The van der Waals surface area contributed by atoms with E-state index in [1.54, 1.807) is 11.5 Å². The van der Waals surface area contributed by atoms with Crippen LogP contribution in [0, 0.1) is 0 Å². The number of allylic oxidation sites excluding steroid dienone is 1. The third-order valence-corrected chi connectivity index (χ3v) is 5.16. The fourth-order valence-corrected chi connectivity index (χ4v) is 3.74. The number of benzene rings is 1. The second kappa shape index (κ2) is 9.61. The molecular formula is C18H18F2N2O3S2. The monoisotopic (exact) mass is 412 g/mol. The highest BCUT2D eigenvalue weighted by Crippen LogP contribution is 2.34. The first kappa shape index (κ1) is 21.0. The van der Waals surface area contributed by atoms with Crippen molar-refractivity contribution in [1.82, 2.24) is 4.98 Å². The van der Waals surface area contributed by atoms with Gasteiger partial charge in [0.2, 0.25) is 5.91 Å². The second-order valence-electron chi connectivity index (χ2n) is 5.26. The standard InChI is InChI=1S/C18H18F2N2O3S2/c1-4-22(11(2)23)18-21-13(10-26-18)6-7-14(24)12-5-8-16(27-17(19)20)15(9-12)25-3/h5-10,17H,4H2,1-3H3. The van der Waals surface area contributed by atoms with Crippen LogP contribution in [-0.4, -0.2) is 36.1 Å². The maximum absolute atomic E-state index is 12.5. The molecule has 0 aliphatic carbocycles. The molecule has 0 radical (unpaired) electrons. The van der Waals surface area contributed by atoms with Crippen molar-refractivity contribution in [3.63, 3.8) is 0 Å². The summed E-state index contributed by atoms with van der Waals surface area (Å²) in [4.78, 5) is 30.0. The van der Waals surface area contributed by atoms with Crippen molar-refractivity contribution >= 4 is 46.0 Å². The van der Waals surface area contributed by atoms with Gasteiger partial charge in [0.25, 0.3) is 5.76 Å². The summed E-state index contributed by atoms with van der Waals surface area (Å²) in [5.74, 6) is -2.77. The van der Waals surface area contributed by atoms with Gasteiger partial charge >= 0.3 is 0 Å². The van der Waals surface area contributed by atoms with Crippen LogP contribution in [0.3, 0.4) is 0 Å². The molecule has 27 heavy (non-hydrogen) atoms. The normalized spacial score (nSPS) is 11.2. The zero-order chi connectivity index (χ0) is 20.0. The minimum atomic E-state index is -2.57. The minimum Gasteiger partial charge on any atom is -0.496 e. The van der Waals surface area contributed by atoms with Crippen molar-refractivity contribution in [3.8, 4) is 5.75 Å². The lowest BCUT2D eigenvalue weighted by Crippen LogP contribution is -2.27. The van der Waals surface area contributed by atoms with Crippen LogP contribution in [0.4, 0.5) is 13.9 Å². The molecule has 2 aromatic rings. The Labute approximate surface area is 164 Å². The molecule has 0 aliphatic rings. The molecule has 0 bridgehead atoms. The summed E-state index contributed by atoms with van der Waals surface area (Å²) in [5.41, 5.74) is 0.871. The van der Waals surface area contributed by atoms with Gasteiger partial charge in [0.05, 0.1) is 17.7 Å². The fraction of sp³-hybridized carbons (Fsp3) is 0.278. The van der Waals surface area contributed by atoms with Gasteiger partial charge in [-0.05, 0) is 37.3 Å². The van der Waals surface area contributed by atoms with E-state index in [9.17, 15) is 18.4 Å². The molecule has 0 aliphatic heterocycles. The number of nitrogens with zero attached hydrogens (tertiary/aromatic N) is 2. The van der Waals surface area contributed by atoms with E-state index >= 15 is 0 Å². The molecule has 144 valence electrons. The molecule has 1 amide bonds. The summed E-state index contributed by atoms with van der Waals surface area (Å²) in [6.45, 7) is 3.83. The van der Waals surface area contributed by atoms with Crippen LogP contribution in [0.15, 0.2) is 34.6 Å². The largest absolute Gasteiger partial charge is 0.496 e. The van der Waals surface area contributed by atoms with Crippen LogP contribution in [0.25, 0.3) is 6.08 Å². The summed E-state index contributed by atoms with van der Waals surface area (Å²) in [7, 11) is 1.36. The Hall–Kier alpha value is -2.26. The molecule has 5 nitrogen and oxygen atoms in total. The fourth-order valence-electron chi connectivity index (χ4n) is 2.24. The van der Waals surface area contributed by atoms with Gasteiger partial charge in [-0.3, -0.25) is 14.5 Å². The molecule has 0 atom stereocenters. The molecular weight excluding hydrogens is 394 g/mol. The van der Waals surface area contributed by atoms with Crippen LogP contribution >= 0.6 is 23.1 Å². The predicted molar refractivity (Wildman–Crippen MR) is 104 cm³/mol. The topological polar surface area (TPSA) is 59.5 Å². The SMILES string of the molecule is CCN(C(C)=O)c1nc(C=CC(=O)c2ccc(SC(F)F)c(OC)c2)cs1. The van der Waals surface area contributed by atoms with E-state index in [0.717, 1.165) is 0 Å². The van der Waals surface area contributed by atoms with Gasteiger partial charge < -0.3 is 4.74 Å². The molecule has 0 fully saturated rings. The number of amides is 1. The lowest BCUT2D eigenvalue weighted by atomic mass is 10.1. The number of ketones is 1. The number of thioether (sulfide) groups is 1. The van der Waals surface area contributed by atoms with Crippen molar-refractivity contribution in [3.05, 3.63) is 40.9 Å². The number of thiazole rings is 1. The lowest BCUT2D eigenvalue weighted by molar-refractivity contribution is -0.116. The van der Waals surface area contributed by atoms with Gasteiger partial charge in [-0.1, -0.05) is 11.8 Å². The molecule has 0 saturated carbocycles. The number of carbonyl (C=O) groups excluding carboxylic acids is 2. The third-order valence-electron chi connectivity index (χ3n) is 3.51. The number of rotatable bonds is 8. The average molecular weight is 412 g/mol. The van der Waals surface area contributed by atoms with E-state index in [2.05, 4.69) is 4.98 Å². The molecule has 0 saturated heterocycles. The van der Waals surface area contributed by atoms with E-state index in [4.69, 9.17) is 4.74 Å². The number of anilines is 1. The molecule has 2 rings (SSSR count). The second-order valence-corrected chi connectivity index (χ2v) is 7.13.